The minimum absolute atomic E-state index is 0.00836. The Morgan fingerprint density at radius 2 is 1.57 bits per heavy atom. The Kier molecular flexibility index (Phi) is 9.79. The van der Waals surface area contributed by atoms with Gasteiger partial charge in [-0.1, -0.05) is 18.2 Å². The summed E-state index contributed by atoms with van der Waals surface area (Å²) in [4.78, 5) is 39.4. The number of nitrogens with zero attached hydrogens (tertiary/aromatic N) is 1. The SMILES string of the molecule is COc1ccc(OCCOCCO)c(C(=O)c2ccc(C(=O)N[C@@H]3CNC[C@@H]3NC(=O)c3ccc4cn[nH]c4c3)cc2)c1F. The second-order valence-electron chi connectivity index (χ2n) is 10.0. The van der Waals surface area contributed by atoms with Crippen LogP contribution in [0.3, 0.4) is 0 Å². The van der Waals surface area contributed by atoms with Gasteiger partial charge in [-0.05, 0) is 36.4 Å². The summed E-state index contributed by atoms with van der Waals surface area (Å²) in [5.41, 5.74) is 1.32. The highest BCUT2D eigenvalue weighted by Crippen LogP contribution is 2.31. The van der Waals surface area contributed by atoms with Crippen LogP contribution in [-0.2, 0) is 4.74 Å². The minimum atomic E-state index is -0.876. The summed E-state index contributed by atoms with van der Waals surface area (Å²) in [6.45, 7) is 1.07. The molecular weight excluding hydrogens is 573 g/mol. The van der Waals surface area contributed by atoms with Gasteiger partial charge in [-0.3, -0.25) is 19.5 Å². The summed E-state index contributed by atoms with van der Waals surface area (Å²) in [6.07, 6.45) is 1.68. The van der Waals surface area contributed by atoms with E-state index in [2.05, 4.69) is 26.1 Å². The first kappa shape index (κ1) is 30.6. The number of ketones is 1. The van der Waals surface area contributed by atoms with Crippen molar-refractivity contribution in [3.8, 4) is 11.5 Å². The molecular formula is C31H32FN5O7. The van der Waals surface area contributed by atoms with Gasteiger partial charge in [0.05, 0.1) is 50.7 Å². The van der Waals surface area contributed by atoms with Crippen molar-refractivity contribution in [3.05, 3.63) is 88.9 Å². The third-order valence-electron chi connectivity index (χ3n) is 7.20. The van der Waals surface area contributed by atoms with Crippen LogP contribution in [0.15, 0.2) is 60.8 Å². The number of benzene rings is 3. The number of aromatic nitrogens is 2. The molecule has 44 heavy (non-hydrogen) atoms. The molecule has 1 saturated heterocycles. The molecule has 1 aromatic heterocycles. The van der Waals surface area contributed by atoms with Crippen LogP contribution in [0.5, 0.6) is 11.5 Å². The summed E-state index contributed by atoms with van der Waals surface area (Å²) in [7, 11) is 1.29. The molecule has 4 aromatic rings. The molecule has 0 bridgehead atoms. The average molecular weight is 606 g/mol. The summed E-state index contributed by atoms with van der Waals surface area (Å²) in [5, 5.41) is 25.6. The Morgan fingerprint density at radius 3 is 2.27 bits per heavy atom. The molecule has 0 spiro atoms. The lowest BCUT2D eigenvalue weighted by Gasteiger charge is -2.21. The van der Waals surface area contributed by atoms with Crippen LogP contribution < -0.4 is 25.4 Å². The van der Waals surface area contributed by atoms with Gasteiger partial charge in [-0.15, -0.1) is 0 Å². The van der Waals surface area contributed by atoms with Crippen molar-refractivity contribution >= 4 is 28.5 Å². The molecule has 2 atom stereocenters. The number of hydrogen-bond acceptors (Lipinski definition) is 9. The van der Waals surface area contributed by atoms with E-state index < -0.39 is 17.5 Å². The van der Waals surface area contributed by atoms with Crippen LogP contribution in [-0.4, -0.2) is 91.6 Å². The summed E-state index contributed by atoms with van der Waals surface area (Å²) >= 11 is 0. The van der Waals surface area contributed by atoms with Gasteiger partial charge in [-0.25, -0.2) is 4.39 Å². The van der Waals surface area contributed by atoms with E-state index in [1.54, 1.807) is 24.4 Å². The Bertz CT molecular complexity index is 1640. The molecule has 3 aromatic carbocycles. The zero-order chi connectivity index (χ0) is 31.1. The summed E-state index contributed by atoms with van der Waals surface area (Å²) in [6, 6.07) is 13.1. The molecule has 1 aliphatic heterocycles. The number of carbonyl (C=O) groups excluding carboxylic acids is 3. The molecule has 2 amide bonds. The number of fused-ring (bicyclic) bond motifs is 1. The number of aliphatic hydroxyl groups excluding tert-OH is 1. The van der Waals surface area contributed by atoms with Crippen molar-refractivity contribution in [3.63, 3.8) is 0 Å². The third kappa shape index (κ3) is 6.86. The van der Waals surface area contributed by atoms with Gasteiger partial charge in [-0.2, -0.15) is 5.10 Å². The molecule has 230 valence electrons. The lowest BCUT2D eigenvalue weighted by atomic mass is 10.00. The number of aromatic amines is 1. The van der Waals surface area contributed by atoms with Crippen molar-refractivity contribution in [1.29, 1.82) is 0 Å². The smallest absolute Gasteiger partial charge is 0.251 e. The number of amides is 2. The Balaban J connectivity index is 1.24. The minimum Gasteiger partial charge on any atom is -0.494 e. The first-order valence-electron chi connectivity index (χ1n) is 14.0. The van der Waals surface area contributed by atoms with E-state index in [0.29, 0.717) is 18.7 Å². The molecule has 2 heterocycles. The molecule has 0 unspecified atom stereocenters. The first-order valence-corrected chi connectivity index (χ1v) is 14.0. The second-order valence-corrected chi connectivity index (χ2v) is 10.0. The van der Waals surface area contributed by atoms with E-state index in [-0.39, 0.29) is 72.6 Å². The topological polar surface area (TPSA) is 164 Å². The van der Waals surface area contributed by atoms with Gasteiger partial charge >= 0.3 is 0 Å². The summed E-state index contributed by atoms with van der Waals surface area (Å²) < 4.78 is 31.0. The quantitative estimate of drug-likeness (QED) is 0.113. The van der Waals surface area contributed by atoms with Crippen molar-refractivity contribution < 1.29 is 38.1 Å². The number of H-pyrrole nitrogens is 1. The van der Waals surface area contributed by atoms with Crippen LogP contribution in [0.25, 0.3) is 10.9 Å². The van der Waals surface area contributed by atoms with Crippen molar-refractivity contribution in [2.75, 3.05) is 46.6 Å². The van der Waals surface area contributed by atoms with Crippen LogP contribution in [0, 0.1) is 5.82 Å². The van der Waals surface area contributed by atoms with Gasteiger partial charge in [0.25, 0.3) is 11.8 Å². The number of hydrogen-bond donors (Lipinski definition) is 5. The number of halogens is 1. The normalized spacial score (nSPS) is 16.1. The van der Waals surface area contributed by atoms with E-state index in [9.17, 15) is 14.4 Å². The standard InChI is InChI=1S/C31H32FN5O7/c1-42-26-9-8-25(44-13-12-43-11-10-38)27(28(26)32)29(39)18-2-4-19(5-3-18)30(40)35-23-16-33-17-24(23)36-31(41)20-6-7-21-15-34-37-22(21)14-20/h2-9,14-15,23-24,33,38H,10-13,16-17H2,1H3,(H,34,37)(H,35,40)(H,36,41)/t23-,24+/m1/s1. The molecule has 1 fully saturated rings. The van der Waals surface area contributed by atoms with E-state index in [0.717, 1.165) is 10.9 Å². The largest absolute Gasteiger partial charge is 0.494 e. The number of ether oxygens (including phenoxy) is 3. The van der Waals surface area contributed by atoms with Crippen LogP contribution in [0.1, 0.15) is 36.6 Å². The van der Waals surface area contributed by atoms with Crippen molar-refractivity contribution in [2.24, 2.45) is 0 Å². The van der Waals surface area contributed by atoms with Gasteiger partial charge in [0.2, 0.25) is 0 Å². The van der Waals surface area contributed by atoms with E-state index in [4.69, 9.17) is 19.3 Å². The maximum absolute atomic E-state index is 15.2. The molecule has 0 saturated carbocycles. The predicted octanol–water partition coefficient (Wildman–Crippen LogP) is 1.83. The Morgan fingerprint density at radius 1 is 0.909 bits per heavy atom. The number of aliphatic hydroxyl groups is 1. The fourth-order valence-corrected chi connectivity index (χ4v) is 4.89. The molecule has 5 N–H and O–H groups in total. The molecule has 1 aliphatic rings. The highest BCUT2D eigenvalue weighted by atomic mass is 19.1. The second kappa shape index (κ2) is 14.1. The van der Waals surface area contributed by atoms with E-state index in [1.165, 1.54) is 43.5 Å². The van der Waals surface area contributed by atoms with Crippen molar-refractivity contribution in [1.82, 2.24) is 26.1 Å². The highest BCUT2D eigenvalue weighted by Gasteiger charge is 2.30. The molecule has 5 rings (SSSR count). The number of nitrogens with one attached hydrogen (secondary N) is 4. The lowest BCUT2D eigenvalue weighted by molar-refractivity contribution is 0.0700. The van der Waals surface area contributed by atoms with Gasteiger partial charge in [0, 0.05) is 35.2 Å². The maximum Gasteiger partial charge on any atom is 0.251 e. The fourth-order valence-electron chi connectivity index (χ4n) is 4.89. The number of carbonyl (C=O) groups is 3. The third-order valence-corrected chi connectivity index (χ3v) is 7.20. The number of methoxy groups -OCH3 is 1. The van der Waals surface area contributed by atoms with E-state index >= 15 is 4.39 Å². The monoisotopic (exact) mass is 605 g/mol. The van der Waals surface area contributed by atoms with E-state index in [1.807, 2.05) is 0 Å². The molecule has 0 radical (unpaired) electrons. The first-order chi connectivity index (χ1) is 21.4. The molecule has 13 heteroatoms. The lowest BCUT2D eigenvalue weighted by Crippen LogP contribution is -2.51. The van der Waals surface area contributed by atoms with Crippen LogP contribution >= 0.6 is 0 Å². The van der Waals surface area contributed by atoms with Crippen LogP contribution in [0.4, 0.5) is 4.39 Å². The predicted molar refractivity (Wildman–Crippen MR) is 158 cm³/mol. The average Bonchev–Trinajstić information content (AvgIpc) is 3.69. The molecule has 0 aliphatic carbocycles. The van der Waals surface area contributed by atoms with Gasteiger partial charge < -0.3 is 35.3 Å². The maximum atomic E-state index is 15.2. The summed E-state index contributed by atoms with van der Waals surface area (Å²) in [5.74, 6) is -2.32. The van der Waals surface area contributed by atoms with Gasteiger partial charge in [0.1, 0.15) is 17.9 Å². The molecule has 12 nitrogen and oxygen atoms in total. The number of rotatable bonds is 13. The van der Waals surface area contributed by atoms with Crippen molar-refractivity contribution in [2.45, 2.75) is 12.1 Å². The highest BCUT2D eigenvalue weighted by molar-refractivity contribution is 6.11. The van der Waals surface area contributed by atoms with Gasteiger partial charge in [0.15, 0.2) is 17.3 Å². The van der Waals surface area contributed by atoms with Crippen LogP contribution in [0.2, 0.25) is 0 Å². The zero-order valence-corrected chi connectivity index (χ0v) is 23.9. The zero-order valence-electron chi connectivity index (χ0n) is 23.9. The Hall–Kier alpha value is -4.85. The fraction of sp³-hybridized carbons (Fsp3) is 0.290. The Labute approximate surface area is 251 Å².